The van der Waals surface area contributed by atoms with Gasteiger partial charge in [0.05, 0.1) is 26.5 Å². The van der Waals surface area contributed by atoms with E-state index in [1.54, 1.807) is 14.2 Å². The highest BCUT2D eigenvalue weighted by Crippen LogP contribution is 2.18. The van der Waals surface area contributed by atoms with E-state index >= 15 is 0 Å². The van der Waals surface area contributed by atoms with Crippen LogP contribution in [0.15, 0.2) is 36.7 Å². The number of ether oxygens (including phenoxy) is 2. The first-order chi connectivity index (χ1) is 9.83. The Morgan fingerprint density at radius 2 is 2.10 bits per heavy atom. The van der Waals surface area contributed by atoms with Crippen LogP contribution < -0.4 is 10.1 Å². The van der Waals surface area contributed by atoms with Crippen molar-refractivity contribution in [2.24, 2.45) is 0 Å². The highest BCUT2D eigenvalue weighted by molar-refractivity contribution is 5.33. The Bertz CT molecular complexity index is 525. The molecule has 0 saturated heterocycles. The van der Waals surface area contributed by atoms with E-state index in [-0.39, 0.29) is 0 Å². The molecule has 5 nitrogen and oxygen atoms in total. The fourth-order valence-corrected chi connectivity index (χ4v) is 2.00. The second kappa shape index (κ2) is 7.67. The molecule has 20 heavy (non-hydrogen) atoms. The van der Waals surface area contributed by atoms with Crippen molar-refractivity contribution in [3.8, 4) is 5.75 Å². The van der Waals surface area contributed by atoms with Crippen molar-refractivity contribution >= 4 is 0 Å². The molecule has 1 heterocycles. The number of benzene rings is 1. The average Bonchev–Trinajstić information content (AvgIpc) is 2.92. The number of methoxy groups -OCH3 is 2. The van der Waals surface area contributed by atoms with E-state index in [9.17, 15) is 0 Å². The molecule has 2 rings (SSSR count). The lowest BCUT2D eigenvalue weighted by Crippen LogP contribution is -2.18. The summed E-state index contributed by atoms with van der Waals surface area (Å²) in [4.78, 5) is 0. The van der Waals surface area contributed by atoms with Crippen LogP contribution in [-0.2, 0) is 17.8 Å². The van der Waals surface area contributed by atoms with Gasteiger partial charge in [0.15, 0.2) is 0 Å². The SMILES string of the molecule is COCCNCc1cnn(Cc2ccccc2OC)c1. The molecule has 0 aliphatic carbocycles. The summed E-state index contributed by atoms with van der Waals surface area (Å²) in [5.74, 6) is 0.891. The van der Waals surface area contributed by atoms with E-state index in [1.165, 1.54) is 0 Å². The van der Waals surface area contributed by atoms with Crippen LogP contribution in [0, 0.1) is 0 Å². The zero-order valence-corrected chi connectivity index (χ0v) is 12.0. The number of aromatic nitrogens is 2. The molecule has 1 N–H and O–H groups in total. The van der Waals surface area contributed by atoms with E-state index in [0.29, 0.717) is 6.54 Å². The van der Waals surface area contributed by atoms with Crippen LogP contribution in [0.5, 0.6) is 5.75 Å². The second-order valence-corrected chi connectivity index (χ2v) is 4.53. The number of hydrogen-bond donors (Lipinski definition) is 1. The second-order valence-electron chi connectivity index (χ2n) is 4.53. The Labute approximate surface area is 119 Å². The minimum atomic E-state index is 0.710. The fourth-order valence-electron chi connectivity index (χ4n) is 2.00. The maximum atomic E-state index is 5.35. The van der Waals surface area contributed by atoms with Gasteiger partial charge in [0.25, 0.3) is 0 Å². The normalized spacial score (nSPS) is 10.7. The van der Waals surface area contributed by atoms with Crippen molar-refractivity contribution < 1.29 is 9.47 Å². The van der Waals surface area contributed by atoms with Gasteiger partial charge in [0.1, 0.15) is 5.75 Å². The number of para-hydroxylation sites is 1. The molecule has 5 heteroatoms. The number of nitrogens with one attached hydrogen (secondary N) is 1. The summed E-state index contributed by atoms with van der Waals surface area (Å²) in [6.45, 7) is 3.07. The number of nitrogens with zero attached hydrogens (tertiary/aromatic N) is 2. The molecule has 0 atom stereocenters. The third kappa shape index (κ3) is 4.08. The van der Waals surface area contributed by atoms with E-state index in [0.717, 1.165) is 36.6 Å². The predicted octanol–water partition coefficient (Wildman–Crippen LogP) is 1.68. The third-order valence-corrected chi connectivity index (χ3v) is 3.02. The highest BCUT2D eigenvalue weighted by atomic mass is 16.5. The van der Waals surface area contributed by atoms with Crippen LogP contribution in [0.25, 0.3) is 0 Å². The lowest BCUT2D eigenvalue weighted by molar-refractivity contribution is 0.199. The van der Waals surface area contributed by atoms with Gasteiger partial charge in [0.2, 0.25) is 0 Å². The molecule has 1 aromatic heterocycles. The standard InChI is InChI=1S/C15H21N3O2/c1-19-8-7-16-9-13-10-17-18(11-13)12-14-5-3-4-6-15(14)20-2/h3-6,10-11,16H,7-9,12H2,1-2H3. The van der Waals surface area contributed by atoms with Gasteiger partial charge in [-0.05, 0) is 6.07 Å². The summed E-state index contributed by atoms with van der Waals surface area (Å²) in [6, 6.07) is 7.99. The molecular formula is C15H21N3O2. The fraction of sp³-hybridized carbons (Fsp3) is 0.400. The van der Waals surface area contributed by atoms with Gasteiger partial charge in [0, 0.05) is 37.5 Å². The van der Waals surface area contributed by atoms with Crippen LogP contribution >= 0.6 is 0 Å². The molecular weight excluding hydrogens is 254 g/mol. The van der Waals surface area contributed by atoms with Crippen molar-refractivity contribution in [3.05, 3.63) is 47.8 Å². The smallest absolute Gasteiger partial charge is 0.123 e. The topological polar surface area (TPSA) is 48.3 Å². The Balaban J connectivity index is 1.92. The van der Waals surface area contributed by atoms with Gasteiger partial charge in [-0.1, -0.05) is 18.2 Å². The van der Waals surface area contributed by atoms with E-state index < -0.39 is 0 Å². The van der Waals surface area contributed by atoms with Gasteiger partial charge in [-0.3, -0.25) is 4.68 Å². The summed E-state index contributed by atoms with van der Waals surface area (Å²) >= 11 is 0. The summed E-state index contributed by atoms with van der Waals surface area (Å²) in [6.07, 6.45) is 3.93. The Morgan fingerprint density at radius 3 is 2.90 bits per heavy atom. The van der Waals surface area contributed by atoms with Gasteiger partial charge in [-0.2, -0.15) is 5.10 Å². The number of hydrogen-bond acceptors (Lipinski definition) is 4. The van der Waals surface area contributed by atoms with Gasteiger partial charge >= 0.3 is 0 Å². The Kier molecular flexibility index (Phi) is 5.58. The molecule has 0 radical (unpaired) electrons. The van der Waals surface area contributed by atoms with Gasteiger partial charge in [-0.15, -0.1) is 0 Å². The first kappa shape index (κ1) is 14.6. The monoisotopic (exact) mass is 275 g/mol. The summed E-state index contributed by atoms with van der Waals surface area (Å²) in [7, 11) is 3.39. The first-order valence-electron chi connectivity index (χ1n) is 6.66. The minimum absolute atomic E-state index is 0.710. The molecule has 0 amide bonds. The van der Waals surface area contributed by atoms with Crippen molar-refractivity contribution in [3.63, 3.8) is 0 Å². The maximum absolute atomic E-state index is 5.35. The van der Waals surface area contributed by atoms with Crippen LogP contribution in [-0.4, -0.2) is 37.2 Å². The number of rotatable bonds is 8. The Morgan fingerprint density at radius 1 is 1.25 bits per heavy atom. The Hall–Kier alpha value is -1.85. The maximum Gasteiger partial charge on any atom is 0.123 e. The van der Waals surface area contributed by atoms with Gasteiger partial charge < -0.3 is 14.8 Å². The van der Waals surface area contributed by atoms with Gasteiger partial charge in [-0.25, -0.2) is 0 Å². The molecule has 0 fully saturated rings. The quantitative estimate of drug-likeness (QED) is 0.745. The molecule has 0 saturated carbocycles. The summed E-state index contributed by atoms with van der Waals surface area (Å²) in [5, 5.41) is 7.67. The largest absolute Gasteiger partial charge is 0.496 e. The van der Waals surface area contributed by atoms with Crippen molar-refractivity contribution in [1.82, 2.24) is 15.1 Å². The molecule has 108 valence electrons. The van der Waals surface area contributed by atoms with Crippen LogP contribution in [0.4, 0.5) is 0 Å². The third-order valence-electron chi connectivity index (χ3n) is 3.02. The van der Waals surface area contributed by atoms with Crippen LogP contribution in [0.2, 0.25) is 0 Å². The molecule has 1 aromatic carbocycles. The highest BCUT2D eigenvalue weighted by Gasteiger charge is 2.04. The van der Waals surface area contributed by atoms with E-state index in [2.05, 4.69) is 16.5 Å². The van der Waals surface area contributed by atoms with E-state index in [1.807, 2.05) is 35.3 Å². The molecule has 0 spiro atoms. The van der Waals surface area contributed by atoms with Crippen molar-refractivity contribution in [2.45, 2.75) is 13.1 Å². The summed E-state index contributed by atoms with van der Waals surface area (Å²) < 4.78 is 12.3. The van der Waals surface area contributed by atoms with E-state index in [4.69, 9.17) is 9.47 Å². The lowest BCUT2D eigenvalue weighted by Gasteiger charge is -2.07. The van der Waals surface area contributed by atoms with Crippen LogP contribution in [0.1, 0.15) is 11.1 Å². The van der Waals surface area contributed by atoms with Crippen molar-refractivity contribution in [2.75, 3.05) is 27.4 Å². The summed E-state index contributed by atoms with van der Waals surface area (Å²) in [5.41, 5.74) is 2.29. The van der Waals surface area contributed by atoms with Crippen molar-refractivity contribution in [1.29, 1.82) is 0 Å². The zero-order valence-electron chi connectivity index (χ0n) is 12.0. The lowest BCUT2D eigenvalue weighted by atomic mass is 10.2. The minimum Gasteiger partial charge on any atom is -0.496 e. The first-order valence-corrected chi connectivity index (χ1v) is 6.66. The molecule has 0 unspecified atom stereocenters. The van der Waals surface area contributed by atoms with Crippen LogP contribution in [0.3, 0.4) is 0 Å². The molecule has 0 aliphatic heterocycles. The molecule has 0 bridgehead atoms. The molecule has 2 aromatic rings. The zero-order chi connectivity index (χ0) is 14.2. The average molecular weight is 275 g/mol. The molecule has 0 aliphatic rings. The predicted molar refractivity (Wildman–Crippen MR) is 77.9 cm³/mol.